The highest BCUT2D eigenvalue weighted by Gasteiger charge is 2.10. The number of hydrazone groups is 1. The number of carbonyl (C=O) groups is 1. The molecule has 3 aromatic rings. The molecule has 3 rings (SSSR count). The van der Waals surface area contributed by atoms with Crippen LogP contribution in [-0.2, 0) is 6.42 Å². The van der Waals surface area contributed by atoms with Crippen LogP contribution in [-0.4, -0.2) is 35.4 Å². The molecule has 6 heteroatoms. The highest BCUT2D eigenvalue weighted by Crippen LogP contribution is 2.18. The van der Waals surface area contributed by atoms with Gasteiger partial charge in [-0.15, -0.1) is 0 Å². The maximum absolute atomic E-state index is 12.3. The monoisotopic (exact) mass is 389 g/mol. The van der Waals surface area contributed by atoms with E-state index < -0.39 is 0 Å². The van der Waals surface area contributed by atoms with Gasteiger partial charge in [-0.05, 0) is 49.6 Å². The summed E-state index contributed by atoms with van der Waals surface area (Å²) in [4.78, 5) is 14.6. The van der Waals surface area contributed by atoms with Gasteiger partial charge in [0.15, 0.2) is 0 Å². The lowest BCUT2D eigenvalue weighted by Gasteiger charge is -2.20. The first-order valence-corrected chi connectivity index (χ1v) is 9.97. The quantitative estimate of drug-likeness (QED) is 0.447. The summed E-state index contributed by atoms with van der Waals surface area (Å²) in [6.07, 6.45) is 2.62. The zero-order valence-corrected chi connectivity index (χ0v) is 17.1. The number of amides is 1. The van der Waals surface area contributed by atoms with Gasteiger partial charge in [-0.25, -0.2) is 5.43 Å². The summed E-state index contributed by atoms with van der Waals surface area (Å²) in [6.45, 7) is 8.32. The van der Waals surface area contributed by atoms with Crippen molar-refractivity contribution in [1.29, 1.82) is 0 Å². The molecular weight excluding hydrogens is 362 g/mol. The van der Waals surface area contributed by atoms with E-state index in [-0.39, 0.29) is 5.91 Å². The van der Waals surface area contributed by atoms with Crippen LogP contribution in [0.4, 0.5) is 5.69 Å². The predicted octanol–water partition coefficient (Wildman–Crippen LogP) is 4.25. The normalized spacial score (nSPS) is 11.0. The topological polar surface area (TPSA) is 73.4 Å². The SMILES string of the molecule is CCc1ccc(-c2cc(C(=O)NN=Cc3ccc(N(CC)CC)cc3)[nH]n2)cc1. The van der Waals surface area contributed by atoms with Crippen molar-refractivity contribution in [2.75, 3.05) is 18.0 Å². The minimum absolute atomic E-state index is 0.329. The van der Waals surface area contributed by atoms with Crippen molar-refractivity contribution in [3.05, 3.63) is 71.4 Å². The van der Waals surface area contributed by atoms with E-state index in [2.05, 4.69) is 70.7 Å². The summed E-state index contributed by atoms with van der Waals surface area (Å²) < 4.78 is 0. The molecule has 0 aliphatic heterocycles. The second kappa shape index (κ2) is 9.68. The highest BCUT2D eigenvalue weighted by atomic mass is 16.2. The van der Waals surface area contributed by atoms with E-state index in [1.165, 1.54) is 11.3 Å². The number of benzene rings is 2. The minimum atomic E-state index is -0.329. The first kappa shape index (κ1) is 20.3. The molecule has 0 aliphatic rings. The Morgan fingerprint density at radius 2 is 1.76 bits per heavy atom. The number of hydrogen-bond donors (Lipinski definition) is 2. The van der Waals surface area contributed by atoms with E-state index in [9.17, 15) is 4.79 Å². The number of aryl methyl sites for hydroxylation is 1. The average molecular weight is 390 g/mol. The Balaban J connectivity index is 1.60. The second-order valence-electron chi connectivity index (χ2n) is 6.68. The van der Waals surface area contributed by atoms with E-state index in [4.69, 9.17) is 0 Å². The van der Waals surface area contributed by atoms with Crippen molar-refractivity contribution in [3.8, 4) is 11.3 Å². The highest BCUT2D eigenvalue weighted by molar-refractivity contribution is 5.94. The Morgan fingerprint density at radius 3 is 2.38 bits per heavy atom. The van der Waals surface area contributed by atoms with Crippen LogP contribution in [0.1, 0.15) is 42.4 Å². The molecule has 1 aromatic heterocycles. The fourth-order valence-electron chi connectivity index (χ4n) is 3.08. The van der Waals surface area contributed by atoms with Crippen molar-refractivity contribution in [3.63, 3.8) is 0 Å². The molecule has 0 fully saturated rings. The van der Waals surface area contributed by atoms with Crippen molar-refractivity contribution >= 4 is 17.8 Å². The summed E-state index contributed by atoms with van der Waals surface area (Å²) in [5, 5.41) is 11.1. The lowest BCUT2D eigenvalue weighted by molar-refractivity contribution is 0.0950. The predicted molar refractivity (Wildman–Crippen MR) is 118 cm³/mol. The molecule has 0 saturated carbocycles. The van der Waals surface area contributed by atoms with E-state index >= 15 is 0 Å². The van der Waals surface area contributed by atoms with E-state index in [1.54, 1.807) is 12.3 Å². The van der Waals surface area contributed by atoms with Gasteiger partial charge < -0.3 is 4.90 Å². The van der Waals surface area contributed by atoms with Gasteiger partial charge in [0.2, 0.25) is 0 Å². The van der Waals surface area contributed by atoms with Crippen LogP contribution in [0, 0.1) is 0 Å². The molecule has 0 bridgehead atoms. The molecule has 2 N–H and O–H groups in total. The maximum atomic E-state index is 12.3. The van der Waals surface area contributed by atoms with Crippen molar-refractivity contribution in [2.24, 2.45) is 5.10 Å². The lowest BCUT2D eigenvalue weighted by Crippen LogP contribution is -2.21. The fourth-order valence-corrected chi connectivity index (χ4v) is 3.08. The van der Waals surface area contributed by atoms with Crippen LogP contribution in [0.2, 0.25) is 0 Å². The molecule has 29 heavy (non-hydrogen) atoms. The van der Waals surface area contributed by atoms with Gasteiger partial charge in [-0.3, -0.25) is 9.89 Å². The molecule has 0 atom stereocenters. The van der Waals surface area contributed by atoms with Crippen LogP contribution in [0.3, 0.4) is 0 Å². The Labute approximate surface area is 171 Å². The number of rotatable bonds is 8. The van der Waals surface area contributed by atoms with Crippen molar-refractivity contribution in [2.45, 2.75) is 27.2 Å². The number of anilines is 1. The first-order chi connectivity index (χ1) is 14.1. The van der Waals surface area contributed by atoms with Crippen LogP contribution in [0.15, 0.2) is 59.7 Å². The maximum Gasteiger partial charge on any atom is 0.289 e. The standard InChI is InChI=1S/C23H27N5O/c1-4-17-7-11-19(12-8-17)21-15-22(26-25-21)23(29)27-24-16-18-9-13-20(14-10-18)28(5-2)6-3/h7-16H,4-6H2,1-3H3,(H,25,26)(H,27,29). The average Bonchev–Trinajstić information content (AvgIpc) is 3.26. The van der Waals surface area contributed by atoms with Gasteiger partial charge in [0.05, 0.1) is 11.9 Å². The Hall–Kier alpha value is -3.41. The number of H-pyrrole nitrogens is 1. The molecule has 0 unspecified atom stereocenters. The van der Waals surface area contributed by atoms with E-state index in [0.717, 1.165) is 36.3 Å². The third-order valence-electron chi connectivity index (χ3n) is 4.88. The Kier molecular flexibility index (Phi) is 6.79. The molecule has 150 valence electrons. The first-order valence-electron chi connectivity index (χ1n) is 9.97. The van der Waals surface area contributed by atoms with Crippen molar-refractivity contribution in [1.82, 2.24) is 15.6 Å². The molecule has 1 heterocycles. The molecule has 0 aliphatic carbocycles. The van der Waals surface area contributed by atoms with Gasteiger partial charge >= 0.3 is 0 Å². The van der Waals surface area contributed by atoms with Gasteiger partial charge in [-0.1, -0.05) is 43.3 Å². The molecule has 0 spiro atoms. The zero-order valence-electron chi connectivity index (χ0n) is 17.1. The number of aromatic amines is 1. The summed E-state index contributed by atoms with van der Waals surface area (Å²) in [7, 11) is 0. The number of aromatic nitrogens is 2. The van der Waals surface area contributed by atoms with Crippen LogP contribution in [0.25, 0.3) is 11.3 Å². The van der Waals surface area contributed by atoms with E-state index in [0.29, 0.717) is 5.69 Å². The Bertz CT molecular complexity index is 954. The summed E-state index contributed by atoms with van der Waals surface area (Å²) in [5.74, 6) is -0.329. The molecular formula is C23H27N5O. The third kappa shape index (κ3) is 5.10. The molecule has 0 radical (unpaired) electrons. The third-order valence-corrected chi connectivity index (χ3v) is 4.88. The van der Waals surface area contributed by atoms with E-state index in [1.807, 2.05) is 24.3 Å². The Morgan fingerprint density at radius 1 is 1.07 bits per heavy atom. The molecule has 1 amide bonds. The number of carbonyl (C=O) groups excluding carboxylic acids is 1. The van der Waals surface area contributed by atoms with Gasteiger partial charge in [0.25, 0.3) is 5.91 Å². The van der Waals surface area contributed by atoms with Crippen molar-refractivity contribution < 1.29 is 4.79 Å². The number of hydrogen-bond acceptors (Lipinski definition) is 4. The molecule has 2 aromatic carbocycles. The molecule has 6 nitrogen and oxygen atoms in total. The van der Waals surface area contributed by atoms with Crippen LogP contribution >= 0.6 is 0 Å². The second-order valence-corrected chi connectivity index (χ2v) is 6.68. The smallest absolute Gasteiger partial charge is 0.289 e. The summed E-state index contributed by atoms with van der Waals surface area (Å²) in [5.41, 5.74) is 7.96. The van der Waals surface area contributed by atoms with Crippen LogP contribution < -0.4 is 10.3 Å². The minimum Gasteiger partial charge on any atom is -0.372 e. The lowest BCUT2D eigenvalue weighted by atomic mass is 10.1. The fraction of sp³-hybridized carbons (Fsp3) is 0.261. The number of nitrogens with one attached hydrogen (secondary N) is 2. The van der Waals surface area contributed by atoms with Gasteiger partial charge in [-0.2, -0.15) is 10.2 Å². The number of nitrogens with zero attached hydrogens (tertiary/aromatic N) is 3. The van der Waals surface area contributed by atoms with Gasteiger partial charge in [0.1, 0.15) is 5.69 Å². The van der Waals surface area contributed by atoms with Gasteiger partial charge in [0, 0.05) is 24.3 Å². The van der Waals surface area contributed by atoms with Crippen LogP contribution in [0.5, 0.6) is 0 Å². The summed E-state index contributed by atoms with van der Waals surface area (Å²) >= 11 is 0. The molecule has 0 saturated heterocycles. The largest absolute Gasteiger partial charge is 0.372 e. The summed E-state index contributed by atoms with van der Waals surface area (Å²) in [6, 6.07) is 18.0. The zero-order chi connectivity index (χ0) is 20.6.